The van der Waals surface area contributed by atoms with E-state index in [1.54, 1.807) is 19.2 Å². The lowest BCUT2D eigenvalue weighted by molar-refractivity contribution is 0.396. The number of benzene rings is 1. The van der Waals surface area contributed by atoms with Gasteiger partial charge >= 0.3 is 0 Å². The van der Waals surface area contributed by atoms with Gasteiger partial charge in [0.25, 0.3) is 5.17 Å². The summed E-state index contributed by atoms with van der Waals surface area (Å²) in [6, 6.07) is 11.1. The quantitative estimate of drug-likeness (QED) is 0.809. The van der Waals surface area contributed by atoms with Gasteiger partial charge in [0.15, 0.2) is 0 Å². The summed E-state index contributed by atoms with van der Waals surface area (Å²) < 4.78 is 10.9. The largest absolute Gasteiger partial charge is 0.481 e. The zero-order valence-electron chi connectivity index (χ0n) is 14.2. The van der Waals surface area contributed by atoms with E-state index in [0.717, 1.165) is 11.3 Å². The Labute approximate surface area is 153 Å². The predicted octanol–water partition coefficient (Wildman–Crippen LogP) is 4.49. The molecule has 0 saturated heterocycles. The monoisotopic (exact) mass is 364 g/mol. The van der Waals surface area contributed by atoms with Crippen LogP contribution in [0.5, 0.6) is 11.6 Å². The molecule has 4 nitrogen and oxygen atoms in total. The predicted molar refractivity (Wildman–Crippen MR) is 101 cm³/mol. The van der Waals surface area contributed by atoms with E-state index in [2.05, 4.69) is 31.1 Å². The maximum Gasteiger partial charge on any atom is 0.262 e. The smallest absolute Gasteiger partial charge is 0.262 e. The Bertz CT molecular complexity index is 729. The van der Waals surface area contributed by atoms with Gasteiger partial charge in [0.1, 0.15) is 5.75 Å². The summed E-state index contributed by atoms with van der Waals surface area (Å²) in [6.07, 6.45) is 0. The zero-order chi connectivity index (χ0) is 17.7. The van der Waals surface area contributed by atoms with Gasteiger partial charge in [-0.1, -0.05) is 38.4 Å². The maximum atomic E-state index is 6.11. The number of pyridine rings is 1. The van der Waals surface area contributed by atoms with Gasteiger partial charge in [-0.15, -0.1) is 0 Å². The second-order valence-corrected chi connectivity index (χ2v) is 7.11. The lowest BCUT2D eigenvalue weighted by Gasteiger charge is -2.23. The van der Waals surface area contributed by atoms with Crippen LogP contribution in [0.3, 0.4) is 0 Å². The van der Waals surface area contributed by atoms with Gasteiger partial charge < -0.3 is 14.8 Å². The van der Waals surface area contributed by atoms with Crippen LogP contribution in [0.4, 0.5) is 0 Å². The number of hydrogen-bond acceptors (Lipinski definition) is 4. The van der Waals surface area contributed by atoms with Crippen LogP contribution >= 0.6 is 23.8 Å². The van der Waals surface area contributed by atoms with Crippen molar-refractivity contribution in [2.45, 2.75) is 32.7 Å². The molecular weight excluding hydrogens is 344 g/mol. The molecule has 0 fully saturated rings. The van der Waals surface area contributed by atoms with Crippen molar-refractivity contribution < 1.29 is 9.47 Å². The highest BCUT2D eigenvalue weighted by Crippen LogP contribution is 2.33. The van der Waals surface area contributed by atoms with Crippen LogP contribution in [0.15, 0.2) is 36.4 Å². The highest BCUT2D eigenvalue weighted by Gasteiger charge is 2.20. The number of aromatic nitrogens is 1. The molecule has 128 valence electrons. The first kappa shape index (κ1) is 18.5. The molecule has 0 aliphatic carbocycles. The van der Waals surface area contributed by atoms with Gasteiger partial charge in [-0.25, -0.2) is 4.98 Å². The number of hydrogen-bond donors (Lipinski definition) is 1. The minimum absolute atomic E-state index is 0.107. The van der Waals surface area contributed by atoms with Crippen LogP contribution in [0.1, 0.15) is 32.0 Å². The molecule has 1 aromatic heterocycles. The van der Waals surface area contributed by atoms with Gasteiger partial charge in [0.05, 0.1) is 19.3 Å². The second kappa shape index (κ2) is 7.81. The summed E-state index contributed by atoms with van der Waals surface area (Å²) in [6.45, 7) is 6.75. The Hall–Kier alpha value is -1.85. The summed E-state index contributed by atoms with van der Waals surface area (Å²) in [5, 5.41) is 4.01. The van der Waals surface area contributed by atoms with Gasteiger partial charge in [-0.2, -0.15) is 0 Å². The number of nitrogens with zero attached hydrogens (tertiary/aromatic N) is 1. The summed E-state index contributed by atoms with van der Waals surface area (Å²) in [5.41, 5.74) is 1.70. The van der Waals surface area contributed by atoms with Crippen LogP contribution in [0.25, 0.3) is 0 Å². The lowest BCUT2D eigenvalue weighted by Crippen LogP contribution is -2.27. The van der Waals surface area contributed by atoms with Crippen molar-refractivity contribution in [1.82, 2.24) is 10.3 Å². The lowest BCUT2D eigenvalue weighted by atomic mass is 9.86. The molecule has 0 atom stereocenters. The Morgan fingerprint density at radius 3 is 2.67 bits per heavy atom. The third-order valence-electron chi connectivity index (χ3n) is 3.36. The molecule has 0 unspecified atom stereocenters. The first-order chi connectivity index (χ1) is 11.3. The average Bonchev–Trinajstić information content (AvgIpc) is 2.54. The minimum Gasteiger partial charge on any atom is -0.481 e. The first-order valence-electron chi connectivity index (χ1n) is 7.55. The highest BCUT2D eigenvalue weighted by molar-refractivity contribution is 7.80. The Morgan fingerprint density at radius 1 is 1.25 bits per heavy atom. The normalized spacial score (nSPS) is 11.0. The average molecular weight is 365 g/mol. The Balaban J connectivity index is 2.05. The SMILES string of the molecule is COc1cccc(CNC(=S)Oc2ccc(Cl)cc2C(C)(C)C)n1. The fourth-order valence-corrected chi connectivity index (χ4v) is 2.48. The van der Waals surface area contributed by atoms with Gasteiger partial charge in [0, 0.05) is 16.7 Å². The summed E-state index contributed by atoms with van der Waals surface area (Å²) in [7, 11) is 1.59. The van der Waals surface area contributed by atoms with Crippen LogP contribution in [0.2, 0.25) is 5.02 Å². The molecule has 0 bridgehead atoms. The summed E-state index contributed by atoms with van der Waals surface area (Å²) in [5.74, 6) is 1.26. The van der Waals surface area contributed by atoms with Crippen molar-refractivity contribution in [3.05, 3.63) is 52.7 Å². The van der Waals surface area contributed by atoms with E-state index in [9.17, 15) is 0 Å². The van der Waals surface area contributed by atoms with Crippen molar-refractivity contribution in [3.8, 4) is 11.6 Å². The van der Waals surface area contributed by atoms with E-state index in [1.165, 1.54) is 0 Å². The standard InChI is InChI=1S/C18H21ClN2O2S/c1-18(2,3)14-10-12(19)8-9-15(14)23-17(24)20-11-13-6-5-7-16(21-13)22-4/h5-10H,11H2,1-4H3,(H,20,24). The number of nitrogens with one attached hydrogen (secondary N) is 1. The molecule has 0 amide bonds. The van der Waals surface area contributed by atoms with Crippen molar-refractivity contribution in [3.63, 3.8) is 0 Å². The third kappa shape index (κ3) is 5.08. The summed E-state index contributed by atoms with van der Waals surface area (Å²) in [4.78, 5) is 4.32. The van der Waals surface area contributed by atoms with Crippen molar-refractivity contribution in [1.29, 1.82) is 0 Å². The van der Waals surface area contributed by atoms with Gasteiger partial charge in [-0.05, 0) is 41.9 Å². The Morgan fingerprint density at radius 2 is 2.00 bits per heavy atom. The fourth-order valence-electron chi connectivity index (χ4n) is 2.15. The minimum atomic E-state index is -0.107. The number of methoxy groups -OCH3 is 1. The molecular formula is C18H21ClN2O2S. The molecule has 24 heavy (non-hydrogen) atoms. The Kier molecular flexibility index (Phi) is 6.02. The number of rotatable bonds is 4. The fraction of sp³-hybridized carbons (Fsp3) is 0.333. The van der Waals surface area contributed by atoms with Gasteiger partial charge in [-0.3, -0.25) is 0 Å². The molecule has 0 radical (unpaired) electrons. The molecule has 0 aliphatic heterocycles. The number of halogens is 1. The number of ether oxygens (including phenoxy) is 2. The molecule has 0 saturated carbocycles. The van der Waals surface area contributed by atoms with E-state index < -0.39 is 0 Å². The molecule has 2 rings (SSSR count). The van der Waals surface area contributed by atoms with E-state index in [-0.39, 0.29) is 10.6 Å². The number of thiocarbonyl (C=S) groups is 1. The van der Waals surface area contributed by atoms with E-state index in [1.807, 2.05) is 24.3 Å². The van der Waals surface area contributed by atoms with Crippen molar-refractivity contribution in [2.24, 2.45) is 0 Å². The van der Waals surface area contributed by atoms with Crippen LogP contribution in [-0.2, 0) is 12.0 Å². The van der Waals surface area contributed by atoms with Crippen molar-refractivity contribution in [2.75, 3.05) is 7.11 Å². The van der Waals surface area contributed by atoms with Gasteiger partial charge in [0.2, 0.25) is 5.88 Å². The van der Waals surface area contributed by atoms with E-state index in [0.29, 0.717) is 23.2 Å². The zero-order valence-corrected chi connectivity index (χ0v) is 15.8. The molecule has 6 heteroatoms. The molecule has 0 aliphatic rings. The first-order valence-corrected chi connectivity index (χ1v) is 8.34. The topological polar surface area (TPSA) is 43.4 Å². The molecule has 1 N–H and O–H groups in total. The van der Waals surface area contributed by atoms with Crippen molar-refractivity contribution >= 4 is 29.0 Å². The summed E-state index contributed by atoms with van der Waals surface area (Å²) >= 11 is 11.4. The van der Waals surface area contributed by atoms with Crippen LogP contribution < -0.4 is 14.8 Å². The van der Waals surface area contributed by atoms with Crippen LogP contribution in [0, 0.1) is 0 Å². The molecule has 1 aromatic carbocycles. The highest BCUT2D eigenvalue weighted by atomic mass is 35.5. The third-order valence-corrected chi connectivity index (χ3v) is 3.82. The maximum absolute atomic E-state index is 6.11. The molecule has 1 heterocycles. The molecule has 0 spiro atoms. The van der Waals surface area contributed by atoms with E-state index in [4.69, 9.17) is 33.3 Å². The second-order valence-electron chi connectivity index (χ2n) is 6.30. The molecule has 2 aromatic rings. The van der Waals surface area contributed by atoms with Crippen LogP contribution in [-0.4, -0.2) is 17.3 Å². The van der Waals surface area contributed by atoms with E-state index >= 15 is 0 Å².